The first-order valence-electron chi connectivity index (χ1n) is 5.35. The van der Waals surface area contributed by atoms with E-state index in [1.807, 2.05) is 26.8 Å². The number of hydrogen-bond donors (Lipinski definition) is 2. The SMILES string of the molecule is COc1cc(NC(=O)NC(C)(C)C)c(Br)cc1Br. The number of halogens is 2. The van der Waals surface area contributed by atoms with Crippen LogP contribution in [0.3, 0.4) is 0 Å². The normalized spacial score (nSPS) is 11.0. The molecule has 6 heteroatoms. The van der Waals surface area contributed by atoms with Crippen LogP contribution in [0.5, 0.6) is 5.75 Å². The molecule has 0 saturated carbocycles. The second-order valence-corrected chi connectivity index (χ2v) is 6.50. The Bertz CT molecular complexity index is 456. The minimum Gasteiger partial charge on any atom is -0.495 e. The highest BCUT2D eigenvalue weighted by molar-refractivity contribution is 9.11. The number of benzene rings is 1. The number of nitrogens with one attached hydrogen (secondary N) is 2. The number of anilines is 1. The predicted octanol–water partition coefficient (Wildman–Crippen LogP) is 4.14. The highest BCUT2D eigenvalue weighted by Crippen LogP contribution is 2.34. The second kappa shape index (κ2) is 5.93. The fraction of sp³-hybridized carbons (Fsp3) is 0.417. The van der Waals surface area contributed by atoms with E-state index in [0.29, 0.717) is 11.4 Å². The van der Waals surface area contributed by atoms with Crippen LogP contribution in [0, 0.1) is 0 Å². The summed E-state index contributed by atoms with van der Waals surface area (Å²) < 4.78 is 6.78. The molecule has 0 aliphatic heterocycles. The number of hydrogen-bond acceptors (Lipinski definition) is 2. The molecule has 0 bridgehead atoms. The van der Waals surface area contributed by atoms with Crippen LogP contribution < -0.4 is 15.4 Å². The van der Waals surface area contributed by atoms with Crippen molar-refractivity contribution in [3.63, 3.8) is 0 Å². The Balaban J connectivity index is 2.88. The van der Waals surface area contributed by atoms with Crippen LogP contribution >= 0.6 is 31.9 Å². The van der Waals surface area contributed by atoms with Crippen molar-refractivity contribution in [2.45, 2.75) is 26.3 Å². The van der Waals surface area contributed by atoms with Crippen molar-refractivity contribution < 1.29 is 9.53 Å². The Labute approximate surface area is 124 Å². The van der Waals surface area contributed by atoms with Gasteiger partial charge in [0.2, 0.25) is 0 Å². The molecule has 2 N–H and O–H groups in total. The molecule has 0 aliphatic rings. The van der Waals surface area contributed by atoms with Crippen LogP contribution in [-0.2, 0) is 0 Å². The largest absolute Gasteiger partial charge is 0.495 e. The Morgan fingerprint density at radius 3 is 2.33 bits per heavy atom. The van der Waals surface area contributed by atoms with Gasteiger partial charge in [-0.15, -0.1) is 0 Å². The molecule has 0 fully saturated rings. The lowest BCUT2D eigenvalue weighted by atomic mass is 10.1. The number of urea groups is 1. The monoisotopic (exact) mass is 378 g/mol. The number of carbonyl (C=O) groups excluding carboxylic acids is 1. The zero-order valence-corrected chi connectivity index (χ0v) is 13.9. The summed E-state index contributed by atoms with van der Waals surface area (Å²) in [5.41, 5.74) is 0.368. The number of carbonyl (C=O) groups is 1. The van der Waals surface area contributed by atoms with E-state index in [2.05, 4.69) is 42.5 Å². The maximum absolute atomic E-state index is 11.8. The lowest BCUT2D eigenvalue weighted by molar-refractivity contribution is 0.244. The van der Waals surface area contributed by atoms with Gasteiger partial charge in [0.15, 0.2) is 0 Å². The molecular formula is C12H16Br2N2O2. The van der Waals surface area contributed by atoms with Crippen LogP contribution in [0.1, 0.15) is 20.8 Å². The summed E-state index contributed by atoms with van der Waals surface area (Å²) in [6, 6.07) is 3.31. The summed E-state index contributed by atoms with van der Waals surface area (Å²) in [6.45, 7) is 5.76. The van der Waals surface area contributed by atoms with Gasteiger partial charge in [0.05, 0.1) is 17.3 Å². The number of methoxy groups -OCH3 is 1. The molecule has 1 aromatic rings. The van der Waals surface area contributed by atoms with E-state index >= 15 is 0 Å². The number of rotatable bonds is 2. The van der Waals surface area contributed by atoms with Gasteiger partial charge in [-0.1, -0.05) is 0 Å². The van der Waals surface area contributed by atoms with Crippen molar-refractivity contribution in [1.29, 1.82) is 0 Å². The minimum atomic E-state index is -0.282. The Hall–Kier alpha value is -0.750. The van der Waals surface area contributed by atoms with Gasteiger partial charge in [-0.25, -0.2) is 4.79 Å². The molecule has 0 atom stereocenters. The zero-order valence-electron chi connectivity index (χ0n) is 10.7. The average Bonchev–Trinajstić information content (AvgIpc) is 2.19. The highest BCUT2D eigenvalue weighted by Gasteiger charge is 2.15. The van der Waals surface area contributed by atoms with E-state index in [-0.39, 0.29) is 11.6 Å². The van der Waals surface area contributed by atoms with Gasteiger partial charge in [-0.05, 0) is 58.7 Å². The average molecular weight is 380 g/mol. The summed E-state index contributed by atoms with van der Waals surface area (Å²) in [4.78, 5) is 11.8. The van der Waals surface area contributed by atoms with Gasteiger partial charge < -0.3 is 15.4 Å². The van der Waals surface area contributed by atoms with Crippen molar-refractivity contribution in [1.82, 2.24) is 5.32 Å². The van der Waals surface area contributed by atoms with Crippen molar-refractivity contribution >= 4 is 43.6 Å². The second-order valence-electron chi connectivity index (χ2n) is 4.80. The Morgan fingerprint density at radius 2 is 1.83 bits per heavy atom. The molecule has 0 unspecified atom stereocenters. The molecular weight excluding hydrogens is 364 g/mol. The van der Waals surface area contributed by atoms with Crippen molar-refractivity contribution in [2.75, 3.05) is 12.4 Å². The molecule has 4 nitrogen and oxygen atoms in total. The molecule has 0 radical (unpaired) electrons. The fourth-order valence-electron chi connectivity index (χ4n) is 1.28. The lowest BCUT2D eigenvalue weighted by Crippen LogP contribution is -2.43. The highest BCUT2D eigenvalue weighted by atomic mass is 79.9. The first-order valence-corrected chi connectivity index (χ1v) is 6.94. The first-order chi connectivity index (χ1) is 8.23. The third-order valence-corrected chi connectivity index (χ3v) is 3.25. The summed E-state index contributed by atoms with van der Waals surface area (Å²) in [5.74, 6) is 0.657. The number of amides is 2. The molecule has 100 valence electrons. The van der Waals surface area contributed by atoms with Crippen molar-refractivity contribution in [3.8, 4) is 5.75 Å². The summed E-state index contributed by atoms with van der Waals surface area (Å²) in [6.07, 6.45) is 0. The molecule has 0 heterocycles. The molecule has 1 aromatic carbocycles. The molecule has 0 saturated heterocycles. The van der Waals surface area contributed by atoms with Crippen LogP contribution in [0.15, 0.2) is 21.1 Å². The predicted molar refractivity (Wildman–Crippen MR) is 80.3 cm³/mol. The third-order valence-electron chi connectivity index (χ3n) is 1.98. The van der Waals surface area contributed by atoms with Gasteiger partial charge in [-0.2, -0.15) is 0 Å². The van der Waals surface area contributed by atoms with Crippen LogP contribution in [-0.4, -0.2) is 18.7 Å². The first kappa shape index (κ1) is 15.3. The summed E-state index contributed by atoms with van der Waals surface area (Å²) >= 11 is 6.76. The van der Waals surface area contributed by atoms with E-state index in [4.69, 9.17) is 4.74 Å². The van der Waals surface area contributed by atoms with E-state index < -0.39 is 0 Å². The van der Waals surface area contributed by atoms with Crippen LogP contribution in [0.2, 0.25) is 0 Å². The van der Waals surface area contributed by atoms with Crippen molar-refractivity contribution in [3.05, 3.63) is 21.1 Å². The molecule has 1 rings (SSSR count). The smallest absolute Gasteiger partial charge is 0.319 e. The quantitative estimate of drug-likeness (QED) is 0.811. The van der Waals surface area contributed by atoms with E-state index in [0.717, 1.165) is 8.95 Å². The molecule has 0 spiro atoms. The summed E-state index contributed by atoms with van der Waals surface area (Å²) in [7, 11) is 1.58. The topological polar surface area (TPSA) is 50.4 Å². The van der Waals surface area contributed by atoms with Gasteiger partial charge in [0, 0.05) is 16.1 Å². The Kier molecular flexibility index (Phi) is 5.04. The van der Waals surface area contributed by atoms with E-state index in [1.54, 1.807) is 13.2 Å². The molecule has 18 heavy (non-hydrogen) atoms. The Morgan fingerprint density at radius 1 is 1.22 bits per heavy atom. The van der Waals surface area contributed by atoms with E-state index in [9.17, 15) is 4.79 Å². The molecule has 0 aliphatic carbocycles. The summed E-state index contributed by atoms with van der Waals surface area (Å²) in [5, 5.41) is 5.59. The third kappa shape index (κ3) is 4.49. The van der Waals surface area contributed by atoms with Crippen LogP contribution in [0.25, 0.3) is 0 Å². The number of ether oxygens (including phenoxy) is 1. The zero-order chi connectivity index (χ0) is 13.9. The maximum Gasteiger partial charge on any atom is 0.319 e. The van der Waals surface area contributed by atoms with Crippen LogP contribution in [0.4, 0.5) is 10.5 Å². The lowest BCUT2D eigenvalue weighted by Gasteiger charge is -2.21. The van der Waals surface area contributed by atoms with Gasteiger partial charge in [0.25, 0.3) is 0 Å². The maximum atomic E-state index is 11.8. The van der Waals surface area contributed by atoms with Crippen molar-refractivity contribution in [2.24, 2.45) is 0 Å². The molecule has 2 amide bonds. The molecule has 0 aromatic heterocycles. The van der Waals surface area contributed by atoms with Gasteiger partial charge >= 0.3 is 6.03 Å². The minimum absolute atomic E-state index is 0.257. The standard InChI is InChI=1S/C12H16Br2N2O2/c1-12(2,3)16-11(17)15-9-6-10(18-4)8(14)5-7(9)13/h5-6H,1-4H3,(H2,15,16,17). The van der Waals surface area contributed by atoms with E-state index in [1.165, 1.54) is 0 Å². The fourth-order valence-corrected chi connectivity index (χ4v) is 2.53. The van der Waals surface area contributed by atoms with Gasteiger partial charge in [-0.3, -0.25) is 0 Å². The van der Waals surface area contributed by atoms with Gasteiger partial charge in [0.1, 0.15) is 5.75 Å².